The van der Waals surface area contributed by atoms with Crippen LogP contribution in [0.4, 0.5) is 0 Å². The van der Waals surface area contributed by atoms with Crippen molar-refractivity contribution in [1.82, 2.24) is 0 Å². The zero-order chi connectivity index (χ0) is 11.1. The summed E-state index contributed by atoms with van der Waals surface area (Å²) in [5.41, 5.74) is 4.58. The lowest BCUT2D eigenvalue weighted by Crippen LogP contribution is -1.78. The quantitative estimate of drug-likeness (QED) is 0.566. The molecule has 0 aromatic heterocycles. The molecular formula is C14H20. The molecule has 0 atom stereocenters. The lowest BCUT2D eigenvalue weighted by Gasteiger charge is -1.98. The molecule has 0 radical (unpaired) electrons. The average molecular weight is 188 g/mol. The number of hydrogen-bond acceptors (Lipinski definition) is 0. The van der Waals surface area contributed by atoms with Gasteiger partial charge in [0.25, 0.3) is 0 Å². The zero-order valence-corrected chi connectivity index (χ0v) is 9.72. The first kappa shape index (κ1) is 12.7. The molecule has 0 N–H and O–H groups in total. The first-order valence-electron chi connectivity index (χ1n) is 4.82. The molecular weight excluding hydrogens is 168 g/mol. The summed E-state index contributed by atoms with van der Waals surface area (Å²) in [6, 6.07) is 0. The molecule has 0 aliphatic rings. The number of hydrogen-bond donors (Lipinski definition) is 0. The largest absolute Gasteiger partial charge is 0.0958 e. The van der Waals surface area contributed by atoms with E-state index in [1.54, 1.807) is 0 Å². The molecule has 0 fully saturated rings. The van der Waals surface area contributed by atoms with Gasteiger partial charge in [0.05, 0.1) is 0 Å². The standard InChI is InChI=1S/C14H20/c1-7-14(12(4)5)10-8-9-13(6)11(2)3/h7-10H,2,4H2,1,3,5-6H3/b10-8-,13-9+,14-7+. The smallest absolute Gasteiger partial charge is 0.0276 e. The summed E-state index contributed by atoms with van der Waals surface area (Å²) in [7, 11) is 0. The summed E-state index contributed by atoms with van der Waals surface area (Å²) in [5.74, 6) is 0. The highest BCUT2D eigenvalue weighted by Crippen LogP contribution is 2.09. The first-order valence-corrected chi connectivity index (χ1v) is 4.82. The molecule has 0 unspecified atom stereocenters. The third kappa shape index (κ3) is 4.66. The van der Waals surface area contributed by atoms with Gasteiger partial charge in [-0.25, -0.2) is 0 Å². The fourth-order valence-corrected chi connectivity index (χ4v) is 0.923. The molecule has 0 aromatic carbocycles. The van der Waals surface area contributed by atoms with Crippen molar-refractivity contribution in [3.05, 3.63) is 59.8 Å². The van der Waals surface area contributed by atoms with Gasteiger partial charge < -0.3 is 0 Å². The van der Waals surface area contributed by atoms with E-state index in [-0.39, 0.29) is 0 Å². The molecule has 0 aromatic rings. The van der Waals surface area contributed by atoms with Crippen molar-refractivity contribution in [3.8, 4) is 0 Å². The predicted octanol–water partition coefficient (Wildman–Crippen LogP) is 4.59. The van der Waals surface area contributed by atoms with Crippen LogP contribution in [0.3, 0.4) is 0 Å². The summed E-state index contributed by atoms with van der Waals surface area (Å²) in [5, 5.41) is 0. The van der Waals surface area contributed by atoms with Crippen LogP contribution in [0, 0.1) is 0 Å². The second-order valence-corrected chi connectivity index (χ2v) is 3.51. The zero-order valence-electron chi connectivity index (χ0n) is 9.72. The van der Waals surface area contributed by atoms with Crippen LogP contribution >= 0.6 is 0 Å². The maximum absolute atomic E-state index is 3.90. The molecule has 0 bridgehead atoms. The fraction of sp³-hybridized carbons (Fsp3) is 0.286. The first-order chi connectivity index (χ1) is 6.49. The summed E-state index contributed by atoms with van der Waals surface area (Å²) >= 11 is 0. The van der Waals surface area contributed by atoms with Gasteiger partial charge in [-0.2, -0.15) is 0 Å². The average Bonchev–Trinajstić information content (AvgIpc) is 2.11. The van der Waals surface area contributed by atoms with Gasteiger partial charge in [0.2, 0.25) is 0 Å². The van der Waals surface area contributed by atoms with Crippen molar-refractivity contribution >= 4 is 0 Å². The summed E-state index contributed by atoms with van der Waals surface area (Å²) in [6.45, 7) is 15.9. The van der Waals surface area contributed by atoms with Crippen LogP contribution < -0.4 is 0 Å². The molecule has 0 aliphatic heterocycles. The van der Waals surface area contributed by atoms with E-state index in [0.717, 1.165) is 11.1 Å². The second kappa shape index (κ2) is 6.20. The third-order valence-corrected chi connectivity index (χ3v) is 2.10. The van der Waals surface area contributed by atoms with Gasteiger partial charge in [-0.05, 0) is 38.8 Å². The van der Waals surface area contributed by atoms with Crippen molar-refractivity contribution in [2.75, 3.05) is 0 Å². The van der Waals surface area contributed by atoms with E-state index in [1.165, 1.54) is 11.1 Å². The fourth-order valence-electron chi connectivity index (χ4n) is 0.923. The van der Waals surface area contributed by atoms with Crippen molar-refractivity contribution in [3.63, 3.8) is 0 Å². The van der Waals surface area contributed by atoms with E-state index in [4.69, 9.17) is 0 Å². The van der Waals surface area contributed by atoms with Crippen molar-refractivity contribution < 1.29 is 0 Å². The Morgan fingerprint density at radius 1 is 1.00 bits per heavy atom. The molecule has 0 saturated carbocycles. The highest BCUT2D eigenvalue weighted by atomic mass is 14.0. The van der Waals surface area contributed by atoms with Gasteiger partial charge in [-0.15, -0.1) is 0 Å². The minimum atomic E-state index is 1.09. The van der Waals surface area contributed by atoms with Crippen LogP contribution in [0.5, 0.6) is 0 Å². The van der Waals surface area contributed by atoms with E-state index in [1.807, 2.05) is 26.8 Å². The Morgan fingerprint density at radius 2 is 1.57 bits per heavy atom. The molecule has 0 nitrogen and oxygen atoms in total. The van der Waals surface area contributed by atoms with E-state index >= 15 is 0 Å². The Balaban J connectivity index is 4.54. The summed E-state index contributed by atoms with van der Waals surface area (Å²) in [6.07, 6.45) is 8.22. The van der Waals surface area contributed by atoms with E-state index in [2.05, 4.69) is 38.3 Å². The van der Waals surface area contributed by atoms with Crippen LogP contribution in [0.15, 0.2) is 59.8 Å². The highest BCUT2D eigenvalue weighted by Gasteiger charge is 1.89. The molecule has 76 valence electrons. The lowest BCUT2D eigenvalue weighted by atomic mass is 10.1. The molecule has 0 aliphatic carbocycles. The minimum Gasteiger partial charge on any atom is -0.0958 e. The van der Waals surface area contributed by atoms with Crippen molar-refractivity contribution in [2.24, 2.45) is 0 Å². The molecule has 0 saturated heterocycles. The molecule has 0 heterocycles. The minimum absolute atomic E-state index is 1.09. The van der Waals surface area contributed by atoms with Crippen LogP contribution in [-0.2, 0) is 0 Å². The Hall–Kier alpha value is -1.30. The SMILES string of the molecule is C=C(C)/C(C)=C/C=C\C(=C/C)C(=C)C. The van der Waals surface area contributed by atoms with Gasteiger partial charge in [0.15, 0.2) is 0 Å². The van der Waals surface area contributed by atoms with Crippen molar-refractivity contribution in [1.29, 1.82) is 0 Å². The Morgan fingerprint density at radius 3 is 1.93 bits per heavy atom. The van der Waals surface area contributed by atoms with Crippen LogP contribution in [0.1, 0.15) is 27.7 Å². The second-order valence-electron chi connectivity index (χ2n) is 3.51. The molecule has 0 heteroatoms. The van der Waals surface area contributed by atoms with Gasteiger partial charge in [-0.3, -0.25) is 0 Å². The Kier molecular flexibility index (Phi) is 5.62. The third-order valence-electron chi connectivity index (χ3n) is 2.10. The topological polar surface area (TPSA) is 0 Å². The van der Waals surface area contributed by atoms with E-state index in [9.17, 15) is 0 Å². The van der Waals surface area contributed by atoms with Gasteiger partial charge in [0, 0.05) is 0 Å². The molecule has 0 amide bonds. The molecule has 0 rings (SSSR count). The van der Waals surface area contributed by atoms with Gasteiger partial charge >= 0.3 is 0 Å². The summed E-state index contributed by atoms with van der Waals surface area (Å²) < 4.78 is 0. The van der Waals surface area contributed by atoms with Crippen LogP contribution in [0.2, 0.25) is 0 Å². The lowest BCUT2D eigenvalue weighted by molar-refractivity contribution is 1.36. The maximum Gasteiger partial charge on any atom is -0.0276 e. The molecule has 0 spiro atoms. The normalized spacial score (nSPS) is 13.4. The Labute approximate surface area is 88.0 Å². The van der Waals surface area contributed by atoms with E-state index < -0.39 is 0 Å². The number of rotatable bonds is 4. The van der Waals surface area contributed by atoms with Crippen molar-refractivity contribution in [2.45, 2.75) is 27.7 Å². The van der Waals surface area contributed by atoms with Gasteiger partial charge in [-0.1, -0.05) is 48.6 Å². The molecule has 14 heavy (non-hydrogen) atoms. The van der Waals surface area contributed by atoms with Gasteiger partial charge in [0.1, 0.15) is 0 Å². The van der Waals surface area contributed by atoms with Crippen LogP contribution in [-0.4, -0.2) is 0 Å². The van der Waals surface area contributed by atoms with E-state index in [0.29, 0.717) is 0 Å². The Bertz CT molecular complexity index is 309. The maximum atomic E-state index is 3.90. The van der Waals surface area contributed by atoms with Crippen LogP contribution in [0.25, 0.3) is 0 Å². The summed E-state index contributed by atoms with van der Waals surface area (Å²) in [4.78, 5) is 0. The monoisotopic (exact) mass is 188 g/mol. The number of allylic oxidation sites excluding steroid dienone is 8. The predicted molar refractivity (Wildman–Crippen MR) is 66.3 cm³/mol. The highest BCUT2D eigenvalue weighted by molar-refractivity contribution is 5.38.